The fourth-order valence-electron chi connectivity index (χ4n) is 1.32. The van der Waals surface area contributed by atoms with Crippen LogP contribution in [0.5, 0.6) is 0 Å². The number of carbonyl (C=O) groups is 1. The zero-order chi connectivity index (χ0) is 14.6. The van der Waals surface area contributed by atoms with Crippen molar-refractivity contribution in [3.05, 3.63) is 17.9 Å². The molecule has 1 aromatic heterocycles. The molecule has 0 aromatic carbocycles. The Balaban J connectivity index is 0.00000361. The minimum absolute atomic E-state index is 0. The maximum Gasteiger partial charge on any atom is 0.289 e. The molecular weight excluding hydrogens is 306 g/mol. The van der Waals surface area contributed by atoms with Crippen LogP contribution in [-0.4, -0.2) is 64.8 Å². The van der Waals surface area contributed by atoms with Crippen molar-refractivity contribution >= 4 is 28.3 Å². The average molecular weight is 326 g/mol. The molecule has 20 heavy (non-hydrogen) atoms. The zero-order valence-electron chi connectivity index (χ0n) is 11.9. The van der Waals surface area contributed by atoms with Crippen LogP contribution in [0.2, 0.25) is 0 Å². The molecule has 0 aliphatic heterocycles. The van der Waals surface area contributed by atoms with E-state index in [2.05, 4.69) is 5.32 Å². The Morgan fingerprint density at radius 3 is 2.40 bits per heavy atom. The summed E-state index contributed by atoms with van der Waals surface area (Å²) in [5.74, 6) is -0.338. The fraction of sp³-hybridized carbons (Fsp3) is 0.545. The molecule has 0 aliphatic carbocycles. The first-order chi connectivity index (χ1) is 8.80. The number of hydrogen-bond donors (Lipinski definition) is 1. The maximum atomic E-state index is 12.0. The van der Waals surface area contributed by atoms with Crippen molar-refractivity contribution in [1.29, 1.82) is 0 Å². The van der Waals surface area contributed by atoms with Crippen LogP contribution in [0.1, 0.15) is 10.6 Å². The van der Waals surface area contributed by atoms with Crippen LogP contribution in [-0.2, 0) is 10.0 Å². The summed E-state index contributed by atoms with van der Waals surface area (Å²) in [5, 5.41) is 2.69. The Morgan fingerprint density at radius 2 is 1.90 bits per heavy atom. The predicted octanol–water partition coefficient (Wildman–Crippen LogP) is 0.243. The first-order valence-electron chi connectivity index (χ1n) is 5.73. The number of hydrogen-bond acceptors (Lipinski definition) is 5. The monoisotopic (exact) mass is 325 g/mol. The van der Waals surface area contributed by atoms with Crippen LogP contribution in [0.25, 0.3) is 0 Å². The lowest BCUT2D eigenvalue weighted by atomic mass is 10.4. The van der Waals surface area contributed by atoms with E-state index in [0.717, 1.165) is 4.31 Å². The Kier molecular flexibility index (Phi) is 7.21. The number of halogens is 1. The quantitative estimate of drug-likeness (QED) is 0.810. The number of rotatable bonds is 6. The summed E-state index contributed by atoms with van der Waals surface area (Å²) in [5.41, 5.74) is 0. The SMILES string of the molecule is CNCCN(C)C(=O)c1ccc(S(=O)(=O)N(C)C)o1.Cl. The summed E-state index contributed by atoms with van der Waals surface area (Å²) < 4.78 is 29.8. The second-order valence-corrected chi connectivity index (χ2v) is 6.32. The lowest BCUT2D eigenvalue weighted by molar-refractivity contribution is 0.0759. The summed E-state index contributed by atoms with van der Waals surface area (Å²) in [6, 6.07) is 2.66. The highest BCUT2D eigenvalue weighted by Gasteiger charge is 2.24. The van der Waals surface area contributed by atoms with Gasteiger partial charge in [-0.15, -0.1) is 12.4 Å². The van der Waals surface area contributed by atoms with Crippen molar-refractivity contribution in [3.8, 4) is 0 Å². The minimum Gasteiger partial charge on any atom is -0.438 e. The minimum atomic E-state index is -3.65. The topological polar surface area (TPSA) is 82.9 Å². The number of amides is 1. The molecule has 1 amide bonds. The van der Waals surface area contributed by atoms with E-state index >= 15 is 0 Å². The first-order valence-corrected chi connectivity index (χ1v) is 7.17. The number of nitrogens with one attached hydrogen (secondary N) is 1. The molecule has 7 nitrogen and oxygen atoms in total. The first kappa shape index (κ1) is 18.9. The van der Waals surface area contributed by atoms with Gasteiger partial charge in [0.15, 0.2) is 5.76 Å². The van der Waals surface area contributed by atoms with Crippen molar-refractivity contribution in [2.45, 2.75) is 5.09 Å². The molecule has 0 atom stereocenters. The van der Waals surface area contributed by atoms with Crippen molar-refractivity contribution in [3.63, 3.8) is 0 Å². The largest absolute Gasteiger partial charge is 0.438 e. The molecule has 0 radical (unpaired) electrons. The summed E-state index contributed by atoms with van der Waals surface area (Å²) in [6.45, 7) is 1.15. The molecule has 1 N–H and O–H groups in total. The van der Waals surface area contributed by atoms with Crippen molar-refractivity contribution in [2.24, 2.45) is 0 Å². The molecular formula is C11H20ClN3O4S. The second kappa shape index (κ2) is 7.63. The van der Waals surface area contributed by atoms with Gasteiger partial charge in [0.2, 0.25) is 5.09 Å². The van der Waals surface area contributed by atoms with Gasteiger partial charge < -0.3 is 14.6 Å². The molecule has 0 unspecified atom stereocenters. The Bertz CT molecular complexity index is 542. The summed E-state index contributed by atoms with van der Waals surface area (Å²) >= 11 is 0. The smallest absolute Gasteiger partial charge is 0.289 e. The van der Waals surface area contributed by atoms with E-state index in [-0.39, 0.29) is 29.2 Å². The van der Waals surface area contributed by atoms with Crippen LogP contribution < -0.4 is 5.32 Å². The summed E-state index contributed by atoms with van der Waals surface area (Å²) in [7, 11) is 2.57. The van der Waals surface area contributed by atoms with Gasteiger partial charge in [-0.3, -0.25) is 4.79 Å². The van der Waals surface area contributed by atoms with Gasteiger partial charge in [-0.05, 0) is 19.2 Å². The van der Waals surface area contributed by atoms with Gasteiger partial charge in [-0.1, -0.05) is 0 Å². The normalized spacial score (nSPS) is 11.2. The van der Waals surface area contributed by atoms with Gasteiger partial charge in [-0.25, -0.2) is 12.7 Å². The van der Waals surface area contributed by atoms with E-state index in [0.29, 0.717) is 13.1 Å². The lowest BCUT2D eigenvalue weighted by Gasteiger charge is -2.15. The Labute approximate surface area is 125 Å². The molecule has 9 heteroatoms. The number of likely N-dealkylation sites (N-methyl/N-ethyl adjacent to an activating group) is 2. The summed E-state index contributed by atoms with van der Waals surface area (Å²) in [6.07, 6.45) is 0. The number of furan rings is 1. The average Bonchev–Trinajstić information content (AvgIpc) is 2.84. The van der Waals surface area contributed by atoms with Gasteiger partial charge in [0.1, 0.15) is 0 Å². The highest BCUT2D eigenvalue weighted by molar-refractivity contribution is 7.88. The maximum absolute atomic E-state index is 12.0. The molecule has 1 rings (SSSR count). The van der Waals surface area contributed by atoms with E-state index in [4.69, 9.17) is 4.42 Å². The van der Waals surface area contributed by atoms with Crippen LogP contribution >= 0.6 is 12.4 Å². The highest BCUT2D eigenvalue weighted by atomic mass is 35.5. The third-order valence-electron chi connectivity index (χ3n) is 2.57. The van der Waals surface area contributed by atoms with Gasteiger partial charge in [0.25, 0.3) is 15.9 Å². The van der Waals surface area contributed by atoms with E-state index in [1.807, 2.05) is 0 Å². The standard InChI is InChI=1S/C11H19N3O4S.ClH/c1-12-7-8-14(4)11(15)9-5-6-10(18-9)19(16,17)13(2)3;/h5-6,12H,7-8H2,1-4H3;1H. The van der Waals surface area contributed by atoms with Crippen LogP contribution in [0.3, 0.4) is 0 Å². The molecule has 1 heterocycles. The molecule has 0 bridgehead atoms. The molecule has 0 saturated heterocycles. The summed E-state index contributed by atoms with van der Waals surface area (Å²) in [4.78, 5) is 13.4. The van der Waals surface area contributed by atoms with Gasteiger partial charge in [0.05, 0.1) is 0 Å². The van der Waals surface area contributed by atoms with Crippen molar-refractivity contribution in [2.75, 3.05) is 41.3 Å². The van der Waals surface area contributed by atoms with Crippen molar-refractivity contribution < 1.29 is 17.6 Å². The van der Waals surface area contributed by atoms with Gasteiger partial charge >= 0.3 is 0 Å². The van der Waals surface area contributed by atoms with Crippen LogP contribution in [0, 0.1) is 0 Å². The third-order valence-corrected chi connectivity index (χ3v) is 4.26. The van der Waals surface area contributed by atoms with Crippen LogP contribution in [0.15, 0.2) is 21.6 Å². The molecule has 0 fully saturated rings. The van der Waals surface area contributed by atoms with Crippen molar-refractivity contribution in [1.82, 2.24) is 14.5 Å². The van der Waals surface area contributed by atoms with E-state index in [1.54, 1.807) is 14.1 Å². The van der Waals surface area contributed by atoms with Gasteiger partial charge in [0, 0.05) is 34.2 Å². The molecule has 0 saturated carbocycles. The third kappa shape index (κ3) is 4.20. The molecule has 116 valence electrons. The highest BCUT2D eigenvalue weighted by Crippen LogP contribution is 2.17. The van der Waals surface area contributed by atoms with Gasteiger partial charge in [-0.2, -0.15) is 0 Å². The Hall–Kier alpha value is -1.09. The number of nitrogens with zero attached hydrogens (tertiary/aromatic N) is 2. The number of sulfonamides is 1. The zero-order valence-corrected chi connectivity index (χ0v) is 13.5. The fourth-order valence-corrected chi connectivity index (χ4v) is 2.12. The molecule has 1 aromatic rings. The Morgan fingerprint density at radius 1 is 1.30 bits per heavy atom. The molecule has 0 spiro atoms. The lowest BCUT2D eigenvalue weighted by Crippen LogP contribution is -2.32. The van der Waals surface area contributed by atoms with Crippen LogP contribution in [0.4, 0.5) is 0 Å². The predicted molar refractivity (Wildman–Crippen MR) is 77.7 cm³/mol. The number of carbonyl (C=O) groups excluding carboxylic acids is 1. The van der Waals surface area contributed by atoms with E-state index < -0.39 is 10.0 Å². The van der Waals surface area contributed by atoms with E-state index in [1.165, 1.54) is 31.1 Å². The molecule has 0 aliphatic rings. The second-order valence-electron chi connectivity index (χ2n) is 4.24. The van der Waals surface area contributed by atoms with E-state index in [9.17, 15) is 13.2 Å².